The van der Waals surface area contributed by atoms with Gasteiger partial charge in [-0.05, 0) is 43.8 Å². The van der Waals surface area contributed by atoms with Gasteiger partial charge in [-0.25, -0.2) is 0 Å². The fourth-order valence-corrected chi connectivity index (χ4v) is 2.65. The Hall–Kier alpha value is -2.74. The number of ether oxygens (including phenoxy) is 2. The van der Waals surface area contributed by atoms with Crippen LogP contribution in [0.15, 0.2) is 42.5 Å². The number of nitrogens with zero attached hydrogens (tertiary/aromatic N) is 1. The minimum Gasteiger partial charge on any atom is -0.454 e. The molecule has 0 saturated heterocycles. The number of nitrogens with one attached hydrogen (secondary N) is 1. The zero-order chi connectivity index (χ0) is 19.6. The first-order chi connectivity index (χ1) is 12.7. The molecule has 0 fully saturated rings. The summed E-state index contributed by atoms with van der Waals surface area (Å²) in [4.78, 5) is 14.2. The number of likely N-dealkylation sites (N-methyl/N-ethyl adjacent to an activating group) is 1. The van der Waals surface area contributed by atoms with Crippen molar-refractivity contribution in [2.24, 2.45) is 0 Å². The van der Waals surface area contributed by atoms with Gasteiger partial charge in [0.25, 0.3) is 0 Å². The van der Waals surface area contributed by atoms with E-state index in [9.17, 15) is 18.0 Å². The summed E-state index contributed by atoms with van der Waals surface area (Å²) >= 11 is 0. The summed E-state index contributed by atoms with van der Waals surface area (Å²) < 4.78 is 48.4. The van der Waals surface area contributed by atoms with Crippen molar-refractivity contribution >= 4 is 11.6 Å². The Morgan fingerprint density at radius 1 is 1.15 bits per heavy atom. The van der Waals surface area contributed by atoms with Crippen molar-refractivity contribution in [3.05, 3.63) is 53.6 Å². The van der Waals surface area contributed by atoms with E-state index in [0.717, 1.165) is 12.1 Å². The molecular weight excluding hydrogens is 361 g/mol. The Bertz CT molecular complexity index is 822. The van der Waals surface area contributed by atoms with Gasteiger partial charge in [-0.2, -0.15) is 13.2 Å². The first kappa shape index (κ1) is 19.0. The normalized spacial score (nSPS) is 14.3. The lowest BCUT2D eigenvalue weighted by atomic mass is 10.1. The lowest BCUT2D eigenvalue weighted by Gasteiger charge is -2.24. The van der Waals surface area contributed by atoms with Gasteiger partial charge in [-0.3, -0.25) is 9.69 Å². The summed E-state index contributed by atoms with van der Waals surface area (Å²) in [6.07, 6.45) is -4.36. The molecule has 27 heavy (non-hydrogen) atoms. The number of halogens is 3. The predicted octanol–water partition coefficient (Wildman–Crippen LogP) is 3.89. The lowest BCUT2D eigenvalue weighted by Crippen LogP contribution is -2.39. The molecule has 5 nitrogen and oxygen atoms in total. The minimum absolute atomic E-state index is 0.152. The summed E-state index contributed by atoms with van der Waals surface area (Å²) in [5.74, 6) is 0.960. The van der Waals surface area contributed by atoms with E-state index in [1.807, 2.05) is 0 Å². The zero-order valence-electron chi connectivity index (χ0n) is 14.8. The average Bonchev–Trinajstić information content (AvgIpc) is 3.08. The smallest absolute Gasteiger partial charge is 0.416 e. The number of carbonyl (C=O) groups excluding carboxylic acids is 1. The molecule has 2 aromatic carbocycles. The molecule has 2 aromatic rings. The molecule has 8 heteroatoms. The van der Waals surface area contributed by atoms with Crippen LogP contribution in [0.2, 0.25) is 0 Å². The van der Waals surface area contributed by atoms with Crippen LogP contribution in [0.4, 0.5) is 18.9 Å². The Balaban J connectivity index is 1.59. The molecule has 0 saturated carbocycles. The largest absolute Gasteiger partial charge is 0.454 e. The van der Waals surface area contributed by atoms with Gasteiger partial charge < -0.3 is 14.8 Å². The summed E-state index contributed by atoms with van der Waals surface area (Å²) in [6, 6.07) is 9.55. The third-order valence-electron chi connectivity index (χ3n) is 4.39. The van der Waals surface area contributed by atoms with Crippen LogP contribution in [0, 0.1) is 0 Å². The van der Waals surface area contributed by atoms with E-state index in [4.69, 9.17) is 9.47 Å². The van der Waals surface area contributed by atoms with Gasteiger partial charge in [0, 0.05) is 18.3 Å². The second kappa shape index (κ2) is 7.48. The molecule has 0 aromatic heterocycles. The van der Waals surface area contributed by atoms with E-state index in [2.05, 4.69) is 5.32 Å². The number of anilines is 1. The summed E-state index contributed by atoms with van der Waals surface area (Å²) in [7, 11) is 1.74. The van der Waals surface area contributed by atoms with Gasteiger partial charge in [0.2, 0.25) is 12.7 Å². The molecule has 1 aliphatic rings. The summed E-state index contributed by atoms with van der Waals surface area (Å²) in [5.41, 5.74) is 0.578. The maximum atomic E-state index is 12.6. The van der Waals surface area contributed by atoms with Crippen LogP contribution in [0.1, 0.15) is 18.1 Å². The average molecular weight is 380 g/mol. The first-order valence-corrected chi connectivity index (χ1v) is 8.31. The Labute approximate surface area is 154 Å². The van der Waals surface area contributed by atoms with E-state index in [-0.39, 0.29) is 12.7 Å². The van der Waals surface area contributed by atoms with Crippen LogP contribution in [0.3, 0.4) is 0 Å². The SMILES string of the molecule is C[C@@H](C(=O)Nc1ccc2c(c1)OCO2)N(C)Cc1ccc(C(F)(F)F)cc1. The molecule has 0 aliphatic carbocycles. The molecule has 1 N–H and O–H groups in total. The molecular formula is C19H19F3N2O3. The fourth-order valence-electron chi connectivity index (χ4n) is 2.65. The number of rotatable bonds is 5. The number of carbonyl (C=O) groups is 1. The summed E-state index contributed by atoms with van der Waals surface area (Å²) in [6.45, 7) is 2.22. The van der Waals surface area contributed by atoms with E-state index in [0.29, 0.717) is 29.3 Å². The molecule has 3 rings (SSSR count). The van der Waals surface area contributed by atoms with Gasteiger partial charge in [-0.15, -0.1) is 0 Å². The standard InChI is InChI=1S/C19H19F3N2O3/c1-12(18(25)23-15-7-8-16-17(9-15)27-11-26-16)24(2)10-13-3-5-14(6-4-13)19(20,21)22/h3-9,12H,10-11H2,1-2H3,(H,23,25)/t12-/m0/s1. The van der Waals surface area contributed by atoms with Crippen molar-refractivity contribution in [1.82, 2.24) is 4.90 Å². The van der Waals surface area contributed by atoms with Gasteiger partial charge in [-0.1, -0.05) is 12.1 Å². The van der Waals surface area contributed by atoms with Crippen LogP contribution in [-0.2, 0) is 17.5 Å². The quantitative estimate of drug-likeness (QED) is 0.855. The highest BCUT2D eigenvalue weighted by Gasteiger charge is 2.30. The van der Waals surface area contributed by atoms with Gasteiger partial charge in [0.15, 0.2) is 11.5 Å². The second-order valence-electron chi connectivity index (χ2n) is 6.34. The molecule has 1 aliphatic heterocycles. The zero-order valence-corrected chi connectivity index (χ0v) is 14.8. The van der Waals surface area contributed by atoms with Crippen molar-refractivity contribution in [2.75, 3.05) is 19.2 Å². The van der Waals surface area contributed by atoms with Crippen molar-refractivity contribution in [2.45, 2.75) is 25.7 Å². The summed E-state index contributed by atoms with van der Waals surface area (Å²) in [5, 5.41) is 2.80. The molecule has 1 amide bonds. The molecule has 0 radical (unpaired) electrons. The topological polar surface area (TPSA) is 50.8 Å². The highest BCUT2D eigenvalue weighted by Crippen LogP contribution is 2.34. The molecule has 144 valence electrons. The number of fused-ring (bicyclic) bond motifs is 1. The number of hydrogen-bond acceptors (Lipinski definition) is 4. The van der Waals surface area contributed by atoms with E-state index >= 15 is 0 Å². The van der Waals surface area contributed by atoms with E-state index in [1.54, 1.807) is 37.1 Å². The predicted molar refractivity (Wildman–Crippen MR) is 93.6 cm³/mol. The Kier molecular flexibility index (Phi) is 5.27. The number of hydrogen-bond donors (Lipinski definition) is 1. The van der Waals surface area contributed by atoms with Crippen LogP contribution in [0.5, 0.6) is 11.5 Å². The molecule has 0 unspecified atom stereocenters. The van der Waals surface area contributed by atoms with Crippen molar-refractivity contribution in [3.8, 4) is 11.5 Å². The lowest BCUT2D eigenvalue weighted by molar-refractivity contribution is -0.137. The third kappa shape index (κ3) is 4.51. The number of amides is 1. The first-order valence-electron chi connectivity index (χ1n) is 8.31. The molecule has 1 atom stereocenters. The van der Waals surface area contributed by atoms with Gasteiger partial charge in [0.1, 0.15) is 0 Å². The third-order valence-corrected chi connectivity index (χ3v) is 4.39. The van der Waals surface area contributed by atoms with Crippen LogP contribution in [0.25, 0.3) is 0 Å². The van der Waals surface area contributed by atoms with Crippen LogP contribution in [-0.4, -0.2) is 30.7 Å². The van der Waals surface area contributed by atoms with E-state index < -0.39 is 17.8 Å². The monoisotopic (exact) mass is 380 g/mol. The molecule has 0 bridgehead atoms. The fraction of sp³-hybridized carbons (Fsp3) is 0.316. The Morgan fingerprint density at radius 2 is 1.81 bits per heavy atom. The van der Waals surface area contributed by atoms with Crippen molar-refractivity contribution in [3.63, 3.8) is 0 Å². The number of benzene rings is 2. The van der Waals surface area contributed by atoms with Crippen LogP contribution < -0.4 is 14.8 Å². The highest BCUT2D eigenvalue weighted by molar-refractivity contribution is 5.94. The van der Waals surface area contributed by atoms with Gasteiger partial charge in [0.05, 0.1) is 11.6 Å². The van der Waals surface area contributed by atoms with Crippen molar-refractivity contribution < 1.29 is 27.4 Å². The van der Waals surface area contributed by atoms with Crippen molar-refractivity contribution in [1.29, 1.82) is 0 Å². The van der Waals surface area contributed by atoms with Gasteiger partial charge >= 0.3 is 6.18 Å². The second-order valence-corrected chi connectivity index (χ2v) is 6.34. The highest BCUT2D eigenvalue weighted by atomic mass is 19.4. The van der Waals surface area contributed by atoms with Crippen LogP contribution >= 0.6 is 0 Å². The van der Waals surface area contributed by atoms with E-state index in [1.165, 1.54) is 12.1 Å². The maximum Gasteiger partial charge on any atom is 0.416 e. The number of alkyl halides is 3. The Morgan fingerprint density at radius 3 is 2.48 bits per heavy atom. The molecule has 1 heterocycles. The molecule has 0 spiro atoms. The minimum atomic E-state index is -4.36. The maximum absolute atomic E-state index is 12.6.